The van der Waals surface area contributed by atoms with Crippen LogP contribution in [0.2, 0.25) is 0 Å². The number of nitrogens with one attached hydrogen (secondary N) is 1. The van der Waals surface area contributed by atoms with E-state index in [4.69, 9.17) is 12.2 Å². The Morgan fingerprint density at radius 2 is 1.87 bits per heavy atom. The number of carbonyl (C=O) groups excluding carboxylic acids is 1. The number of carbonyl (C=O) groups is 1. The fraction of sp³-hybridized carbons (Fsp3) is 0.316. The van der Waals surface area contributed by atoms with Gasteiger partial charge >= 0.3 is 0 Å². The van der Waals surface area contributed by atoms with E-state index >= 15 is 0 Å². The van der Waals surface area contributed by atoms with E-state index in [1.54, 1.807) is 0 Å². The molecule has 0 fully saturated rings. The number of nitro benzene ring substituents is 2. The van der Waals surface area contributed by atoms with Crippen LogP contribution in [0.5, 0.6) is 0 Å². The minimum absolute atomic E-state index is 0.141. The van der Waals surface area contributed by atoms with Crippen molar-refractivity contribution >= 4 is 45.8 Å². The predicted molar refractivity (Wildman–Crippen MR) is 113 cm³/mol. The van der Waals surface area contributed by atoms with E-state index in [-0.39, 0.29) is 16.1 Å². The summed E-state index contributed by atoms with van der Waals surface area (Å²) >= 11 is 6.55. The molecule has 1 aromatic carbocycles. The molecule has 0 bridgehead atoms. The minimum Gasteiger partial charge on any atom is -0.312 e. The van der Waals surface area contributed by atoms with Gasteiger partial charge in [-0.3, -0.25) is 25.0 Å². The third-order valence-electron chi connectivity index (χ3n) is 5.12. The summed E-state index contributed by atoms with van der Waals surface area (Å²) in [6, 6.07) is 4.10. The summed E-state index contributed by atoms with van der Waals surface area (Å²) in [4.78, 5) is 33.8. The first-order valence-corrected chi connectivity index (χ1v) is 10.2. The lowest BCUT2D eigenvalue weighted by molar-refractivity contribution is -0.395. The van der Waals surface area contributed by atoms with Gasteiger partial charge in [0.15, 0.2) is 0 Å². The van der Waals surface area contributed by atoms with Crippen molar-refractivity contribution in [2.24, 2.45) is 5.92 Å². The van der Waals surface area contributed by atoms with Gasteiger partial charge in [0, 0.05) is 12.1 Å². The van der Waals surface area contributed by atoms with Crippen LogP contribution >= 0.6 is 23.6 Å². The Hall–Kier alpha value is -3.23. The molecular formula is C19H16N4O5S2. The molecule has 154 valence electrons. The quantitative estimate of drug-likeness (QED) is 0.404. The summed E-state index contributed by atoms with van der Waals surface area (Å²) < 4.78 is 0.576. The molecule has 1 amide bonds. The highest BCUT2D eigenvalue weighted by molar-refractivity contribution is 7.73. The van der Waals surface area contributed by atoms with Crippen LogP contribution < -0.4 is 5.32 Å². The van der Waals surface area contributed by atoms with Crippen LogP contribution in [0.4, 0.5) is 16.4 Å². The third kappa shape index (κ3) is 3.92. The fourth-order valence-corrected chi connectivity index (χ4v) is 4.90. The van der Waals surface area contributed by atoms with Crippen molar-refractivity contribution in [1.82, 2.24) is 0 Å². The zero-order valence-corrected chi connectivity index (χ0v) is 17.7. The van der Waals surface area contributed by atoms with Crippen LogP contribution in [-0.2, 0) is 12.8 Å². The maximum atomic E-state index is 12.8. The topological polar surface area (TPSA) is 139 Å². The lowest BCUT2D eigenvalue weighted by Crippen LogP contribution is -2.17. The van der Waals surface area contributed by atoms with Gasteiger partial charge in [-0.25, -0.2) is 0 Å². The molecule has 1 aliphatic rings. The van der Waals surface area contributed by atoms with Gasteiger partial charge in [0.05, 0.1) is 24.8 Å². The van der Waals surface area contributed by atoms with Crippen LogP contribution in [0.3, 0.4) is 0 Å². The molecule has 1 aromatic heterocycles. The number of fused-ring (bicyclic) bond motifs is 1. The summed E-state index contributed by atoms with van der Waals surface area (Å²) in [7, 11) is 0. The van der Waals surface area contributed by atoms with Crippen molar-refractivity contribution in [3.63, 3.8) is 0 Å². The van der Waals surface area contributed by atoms with E-state index in [1.807, 2.05) is 0 Å². The molecule has 30 heavy (non-hydrogen) atoms. The Morgan fingerprint density at radius 3 is 2.40 bits per heavy atom. The number of hydrogen-bond acceptors (Lipinski definition) is 8. The van der Waals surface area contributed by atoms with Gasteiger partial charge in [-0.15, -0.1) is 11.3 Å². The molecule has 2 aromatic rings. The highest BCUT2D eigenvalue weighted by Crippen LogP contribution is 2.36. The summed E-state index contributed by atoms with van der Waals surface area (Å²) in [5.74, 6) is -0.334. The number of nitrogens with zero attached hydrogens (tertiary/aromatic N) is 3. The summed E-state index contributed by atoms with van der Waals surface area (Å²) in [6.45, 7) is 3.36. The van der Waals surface area contributed by atoms with Gasteiger partial charge in [0.1, 0.15) is 16.6 Å². The highest BCUT2D eigenvalue weighted by atomic mass is 32.1. The fourth-order valence-electron chi connectivity index (χ4n) is 3.52. The molecule has 0 aliphatic heterocycles. The van der Waals surface area contributed by atoms with Crippen molar-refractivity contribution in [2.45, 2.75) is 33.1 Å². The number of anilines is 1. The second-order valence-electron chi connectivity index (χ2n) is 7.12. The highest BCUT2D eigenvalue weighted by Gasteiger charge is 2.27. The smallest absolute Gasteiger partial charge is 0.279 e. The molecule has 0 radical (unpaired) electrons. The molecule has 1 heterocycles. The third-order valence-corrected chi connectivity index (χ3v) is 6.56. The number of hydrogen-bond donors (Lipinski definition) is 1. The van der Waals surface area contributed by atoms with Gasteiger partial charge in [0.25, 0.3) is 17.3 Å². The van der Waals surface area contributed by atoms with E-state index in [9.17, 15) is 30.3 Å². The van der Waals surface area contributed by atoms with Gasteiger partial charge in [-0.1, -0.05) is 19.1 Å². The average molecular weight is 444 g/mol. The maximum Gasteiger partial charge on any atom is 0.279 e. The molecule has 0 spiro atoms. The number of rotatable bonds is 4. The standard InChI is InChI=1S/C19H16N4O5S2/c1-9-3-4-12-13(5-9)19(29)30-18(14(12)8-20)21-17(24)11-6-15(22(25)26)10(2)16(7-11)23(27)28/h6-7,9H,3-5H2,1-2H3,(H,21,24). The molecule has 9 nitrogen and oxygen atoms in total. The molecule has 1 unspecified atom stereocenters. The van der Waals surface area contributed by atoms with Gasteiger partial charge in [-0.05, 0) is 43.2 Å². The van der Waals surface area contributed by atoms with Crippen molar-refractivity contribution in [2.75, 3.05) is 5.32 Å². The first-order chi connectivity index (χ1) is 14.1. The number of amides is 1. The Kier molecular flexibility index (Phi) is 5.91. The van der Waals surface area contributed by atoms with E-state index in [0.29, 0.717) is 21.7 Å². The molecular weight excluding hydrogens is 428 g/mol. The van der Waals surface area contributed by atoms with Crippen LogP contribution in [0, 0.1) is 48.2 Å². The molecule has 1 N–H and O–H groups in total. The van der Waals surface area contributed by atoms with E-state index in [0.717, 1.165) is 47.4 Å². The minimum atomic E-state index is -0.785. The Balaban J connectivity index is 2.06. The molecule has 0 saturated heterocycles. The first-order valence-electron chi connectivity index (χ1n) is 8.97. The number of nitriles is 1. The molecule has 1 aliphatic carbocycles. The van der Waals surface area contributed by atoms with E-state index in [2.05, 4.69) is 18.3 Å². The van der Waals surface area contributed by atoms with Crippen molar-refractivity contribution in [1.29, 1.82) is 5.26 Å². The zero-order chi connectivity index (χ0) is 22.2. The van der Waals surface area contributed by atoms with Crippen LogP contribution in [0.1, 0.15) is 46.0 Å². The average Bonchev–Trinajstić information content (AvgIpc) is 2.68. The molecule has 3 rings (SSSR count). The van der Waals surface area contributed by atoms with E-state index < -0.39 is 27.1 Å². The van der Waals surface area contributed by atoms with Crippen LogP contribution in [-0.4, -0.2) is 15.8 Å². The number of benzene rings is 1. The predicted octanol–water partition coefficient (Wildman–Crippen LogP) is 4.85. The van der Waals surface area contributed by atoms with Crippen LogP contribution in [0.15, 0.2) is 12.1 Å². The summed E-state index contributed by atoms with van der Waals surface area (Å²) in [6.07, 6.45) is 2.33. The number of nitro groups is 2. The van der Waals surface area contributed by atoms with Crippen molar-refractivity contribution in [3.05, 3.63) is 64.0 Å². The second-order valence-corrected chi connectivity index (χ2v) is 8.81. The summed E-state index contributed by atoms with van der Waals surface area (Å²) in [5.41, 5.74) is 0.648. The lowest BCUT2D eigenvalue weighted by atomic mass is 9.85. The van der Waals surface area contributed by atoms with Crippen LogP contribution in [0.25, 0.3) is 0 Å². The largest absolute Gasteiger partial charge is 0.312 e. The van der Waals surface area contributed by atoms with Crippen molar-refractivity contribution in [3.8, 4) is 6.07 Å². The second kappa shape index (κ2) is 8.25. The normalized spacial score (nSPS) is 15.0. The zero-order valence-electron chi connectivity index (χ0n) is 16.1. The molecule has 1 atom stereocenters. The van der Waals surface area contributed by atoms with Gasteiger partial charge < -0.3 is 5.32 Å². The van der Waals surface area contributed by atoms with Crippen molar-refractivity contribution < 1.29 is 14.6 Å². The maximum absolute atomic E-state index is 12.8. The lowest BCUT2D eigenvalue weighted by Gasteiger charge is -2.23. The SMILES string of the molecule is Cc1c([N+](=O)[O-])cc(C(=O)Nc2sc(=S)c3c(c2C#N)CCC(C)C3)cc1[N+](=O)[O-]. The van der Waals surface area contributed by atoms with E-state index in [1.165, 1.54) is 6.92 Å². The Labute approximate surface area is 180 Å². The van der Waals surface area contributed by atoms with Gasteiger partial charge in [-0.2, -0.15) is 5.26 Å². The Bertz CT molecular complexity index is 1160. The Morgan fingerprint density at radius 1 is 1.27 bits per heavy atom. The molecule has 0 saturated carbocycles. The summed E-state index contributed by atoms with van der Waals surface area (Å²) in [5, 5.41) is 35.0. The first kappa shape index (κ1) is 21.5. The molecule has 11 heteroatoms. The van der Waals surface area contributed by atoms with Gasteiger partial charge in [0.2, 0.25) is 0 Å². The monoisotopic (exact) mass is 444 g/mol.